The molecule has 3 rings (SSSR count). The van der Waals surface area contributed by atoms with Crippen molar-refractivity contribution >= 4 is 11.6 Å². The Morgan fingerprint density at radius 2 is 1.85 bits per heavy atom. The summed E-state index contributed by atoms with van der Waals surface area (Å²) in [5, 5.41) is 6.38. The lowest BCUT2D eigenvalue weighted by Gasteiger charge is -2.17. The molecule has 1 amide bonds. The zero-order valence-electron chi connectivity index (χ0n) is 11.5. The third-order valence-electron chi connectivity index (χ3n) is 3.81. The van der Waals surface area contributed by atoms with Gasteiger partial charge in [-0.3, -0.25) is 4.79 Å². The van der Waals surface area contributed by atoms with Gasteiger partial charge in [0.15, 0.2) is 0 Å². The van der Waals surface area contributed by atoms with E-state index in [2.05, 4.69) is 10.6 Å². The number of rotatable bonds is 3. The van der Waals surface area contributed by atoms with Crippen LogP contribution in [0.25, 0.3) is 0 Å². The maximum Gasteiger partial charge on any atom is 0.229 e. The van der Waals surface area contributed by atoms with Gasteiger partial charge in [0.1, 0.15) is 0 Å². The van der Waals surface area contributed by atoms with Gasteiger partial charge < -0.3 is 10.6 Å². The maximum absolute atomic E-state index is 12.4. The van der Waals surface area contributed by atoms with Gasteiger partial charge in [0, 0.05) is 12.2 Å². The van der Waals surface area contributed by atoms with Gasteiger partial charge in [0.2, 0.25) is 5.91 Å². The number of para-hydroxylation sites is 1. The molecular formula is C17H18N2O. The molecule has 2 N–H and O–H groups in total. The summed E-state index contributed by atoms with van der Waals surface area (Å²) < 4.78 is 0. The first-order valence-corrected chi connectivity index (χ1v) is 6.94. The van der Waals surface area contributed by atoms with Crippen molar-refractivity contribution in [3.05, 3.63) is 65.7 Å². The van der Waals surface area contributed by atoms with Crippen LogP contribution >= 0.6 is 0 Å². The van der Waals surface area contributed by atoms with Crippen LogP contribution in [0, 0.1) is 0 Å². The molecule has 0 fully saturated rings. The van der Waals surface area contributed by atoms with Crippen molar-refractivity contribution < 1.29 is 4.79 Å². The average Bonchev–Trinajstić information content (AvgIpc) is 2.92. The van der Waals surface area contributed by atoms with Crippen LogP contribution in [-0.2, 0) is 4.79 Å². The van der Waals surface area contributed by atoms with Crippen LogP contribution in [-0.4, -0.2) is 12.5 Å². The molecule has 0 aliphatic carbocycles. The molecule has 0 spiro atoms. The molecule has 0 radical (unpaired) electrons. The van der Waals surface area contributed by atoms with Gasteiger partial charge in [-0.2, -0.15) is 0 Å². The van der Waals surface area contributed by atoms with Crippen molar-refractivity contribution in [3.63, 3.8) is 0 Å². The number of nitrogens with one attached hydrogen (secondary N) is 2. The molecule has 2 aromatic carbocycles. The number of benzene rings is 2. The minimum Gasteiger partial charge on any atom is -0.384 e. The van der Waals surface area contributed by atoms with Gasteiger partial charge in [0.25, 0.3) is 0 Å². The molecule has 0 saturated carbocycles. The molecule has 3 heteroatoms. The Kier molecular flexibility index (Phi) is 3.42. The van der Waals surface area contributed by atoms with E-state index in [9.17, 15) is 4.79 Å². The number of amides is 1. The van der Waals surface area contributed by atoms with Crippen LogP contribution < -0.4 is 10.6 Å². The summed E-state index contributed by atoms with van der Waals surface area (Å²) >= 11 is 0. The summed E-state index contributed by atoms with van der Waals surface area (Å²) in [4.78, 5) is 12.4. The third-order valence-corrected chi connectivity index (χ3v) is 3.81. The van der Waals surface area contributed by atoms with E-state index in [4.69, 9.17) is 0 Å². The lowest BCUT2D eigenvalue weighted by molar-refractivity contribution is -0.122. The molecule has 1 aliphatic heterocycles. The molecule has 0 saturated heterocycles. The summed E-state index contributed by atoms with van der Waals surface area (Å²) in [7, 11) is 0. The Labute approximate surface area is 119 Å². The number of fused-ring (bicyclic) bond motifs is 1. The summed E-state index contributed by atoms with van der Waals surface area (Å²) in [6, 6.07) is 18.1. The molecule has 0 aromatic heterocycles. The maximum atomic E-state index is 12.4. The minimum absolute atomic E-state index is 0.0245. The van der Waals surface area contributed by atoms with E-state index in [1.54, 1.807) is 0 Å². The summed E-state index contributed by atoms with van der Waals surface area (Å²) in [6.07, 6.45) is 0. The highest BCUT2D eigenvalue weighted by atomic mass is 16.2. The number of anilines is 1. The second-order valence-electron chi connectivity index (χ2n) is 5.16. The number of carbonyl (C=O) groups is 1. The van der Waals surface area contributed by atoms with Gasteiger partial charge >= 0.3 is 0 Å². The smallest absolute Gasteiger partial charge is 0.229 e. The van der Waals surface area contributed by atoms with Crippen LogP contribution in [0.3, 0.4) is 0 Å². The first-order valence-electron chi connectivity index (χ1n) is 6.94. The molecule has 1 aliphatic rings. The zero-order chi connectivity index (χ0) is 13.9. The Balaban J connectivity index is 1.72. The van der Waals surface area contributed by atoms with Crippen LogP contribution in [0.2, 0.25) is 0 Å². The molecular weight excluding hydrogens is 248 g/mol. The van der Waals surface area contributed by atoms with E-state index in [1.807, 2.05) is 61.5 Å². The highest BCUT2D eigenvalue weighted by molar-refractivity contribution is 5.88. The topological polar surface area (TPSA) is 41.1 Å². The van der Waals surface area contributed by atoms with Gasteiger partial charge in [-0.1, -0.05) is 48.5 Å². The molecule has 2 aromatic rings. The zero-order valence-corrected chi connectivity index (χ0v) is 11.5. The fourth-order valence-electron chi connectivity index (χ4n) is 2.66. The molecule has 1 heterocycles. The van der Waals surface area contributed by atoms with E-state index >= 15 is 0 Å². The van der Waals surface area contributed by atoms with Crippen molar-refractivity contribution in [3.8, 4) is 0 Å². The molecule has 102 valence electrons. The summed E-state index contributed by atoms with van der Waals surface area (Å²) in [5.41, 5.74) is 3.28. The van der Waals surface area contributed by atoms with Crippen LogP contribution in [0.5, 0.6) is 0 Å². The fraction of sp³-hybridized carbons (Fsp3) is 0.235. The normalized spacial score (nSPS) is 17.9. The van der Waals surface area contributed by atoms with E-state index in [0.717, 1.165) is 16.8 Å². The predicted octanol–water partition coefficient (Wildman–Crippen LogP) is 3.07. The van der Waals surface area contributed by atoms with Gasteiger partial charge in [-0.15, -0.1) is 0 Å². The van der Waals surface area contributed by atoms with Crippen molar-refractivity contribution in [1.29, 1.82) is 0 Å². The molecule has 2 atom stereocenters. The van der Waals surface area contributed by atoms with Crippen LogP contribution in [0.1, 0.15) is 30.0 Å². The Morgan fingerprint density at radius 1 is 1.15 bits per heavy atom. The predicted molar refractivity (Wildman–Crippen MR) is 80.7 cm³/mol. The highest BCUT2D eigenvalue weighted by Crippen LogP contribution is 2.31. The first-order chi connectivity index (χ1) is 9.75. The highest BCUT2D eigenvalue weighted by Gasteiger charge is 2.28. The van der Waals surface area contributed by atoms with E-state index in [1.165, 1.54) is 0 Å². The third kappa shape index (κ3) is 2.39. The van der Waals surface area contributed by atoms with Gasteiger partial charge in [0.05, 0.1) is 12.0 Å². The second-order valence-corrected chi connectivity index (χ2v) is 5.16. The molecule has 3 nitrogen and oxygen atoms in total. The summed E-state index contributed by atoms with van der Waals surface area (Å²) in [6.45, 7) is 2.69. The molecule has 1 unspecified atom stereocenters. The van der Waals surface area contributed by atoms with Crippen molar-refractivity contribution in [1.82, 2.24) is 5.32 Å². The Hall–Kier alpha value is -2.29. The van der Waals surface area contributed by atoms with Crippen molar-refractivity contribution in [2.75, 3.05) is 11.9 Å². The van der Waals surface area contributed by atoms with E-state index in [-0.39, 0.29) is 17.9 Å². The monoisotopic (exact) mass is 266 g/mol. The number of hydrogen-bond donors (Lipinski definition) is 2. The van der Waals surface area contributed by atoms with E-state index in [0.29, 0.717) is 6.54 Å². The lowest BCUT2D eigenvalue weighted by Crippen LogP contribution is -2.32. The Bertz CT molecular complexity index is 609. The Morgan fingerprint density at radius 3 is 2.65 bits per heavy atom. The summed E-state index contributed by atoms with van der Waals surface area (Å²) in [5.74, 6) is -0.0174. The van der Waals surface area contributed by atoms with Crippen molar-refractivity contribution in [2.45, 2.75) is 18.9 Å². The quantitative estimate of drug-likeness (QED) is 0.896. The van der Waals surface area contributed by atoms with Crippen molar-refractivity contribution in [2.24, 2.45) is 0 Å². The largest absolute Gasteiger partial charge is 0.384 e. The second kappa shape index (κ2) is 5.37. The standard InChI is InChI=1S/C17H18N2O/c1-12(13-7-3-2-4-8-13)19-17(20)15-11-18-16-10-6-5-9-14(15)16/h2-10,12,15,18H,11H2,1H3,(H,19,20)/t12-,15?/m1/s1. The molecule has 0 bridgehead atoms. The number of carbonyl (C=O) groups excluding carboxylic acids is 1. The van der Waals surface area contributed by atoms with Crippen LogP contribution in [0.4, 0.5) is 5.69 Å². The fourth-order valence-corrected chi connectivity index (χ4v) is 2.66. The first kappa shape index (κ1) is 12.7. The van der Waals surface area contributed by atoms with Gasteiger partial charge in [-0.05, 0) is 24.1 Å². The lowest BCUT2D eigenvalue weighted by atomic mass is 9.99. The average molecular weight is 266 g/mol. The van der Waals surface area contributed by atoms with E-state index < -0.39 is 0 Å². The van der Waals surface area contributed by atoms with Gasteiger partial charge in [-0.25, -0.2) is 0 Å². The molecule has 20 heavy (non-hydrogen) atoms. The number of hydrogen-bond acceptors (Lipinski definition) is 2. The minimum atomic E-state index is -0.0997. The SMILES string of the molecule is C[C@@H](NC(=O)C1CNc2ccccc21)c1ccccc1. The van der Waals surface area contributed by atoms with Crippen LogP contribution in [0.15, 0.2) is 54.6 Å².